The molecule has 0 aromatic heterocycles. The number of aliphatic hydroxyl groups is 1. The van der Waals surface area contributed by atoms with Crippen molar-refractivity contribution in [3.8, 4) is 5.75 Å². The summed E-state index contributed by atoms with van der Waals surface area (Å²) < 4.78 is 56.7. The quantitative estimate of drug-likeness (QED) is 0.818. The largest absolute Gasteiger partial charge is 0.491 e. The minimum Gasteiger partial charge on any atom is -0.491 e. The molecule has 4 nitrogen and oxygen atoms in total. The number of carbonyl (C=O) groups excluding carboxylic acids is 1. The van der Waals surface area contributed by atoms with E-state index < -0.39 is 29.0 Å². The molecule has 2 aromatic rings. The molecule has 0 unspecified atom stereocenters. The second-order valence-electron chi connectivity index (χ2n) is 4.74. The fourth-order valence-electron chi connectivity index (χ4n) is 1.87. The maximum Gasteiger partial charge on any atom is 0.416 e. The average molecular weight is 343 g/mol. The van der Waals surface area contributed by atoms with Crippen LogP contribution in [0, 0.1) is 5.82 Å². The van der Waals surface area contributed by atoms with Crippen LogP contribution in [0.1, 0.15) is 15.9 Å². The molecule has 2 rings (SSSR count). The number of amides is 1. The Balaban J connectivity index is 2.15. The molecule has 0 heterocycles. The standard InChI is InChI=1S/C16H13F4NO3/c17-14-6-1-10(16(18,19)20)9-13(14)15(23)21-11-2-4-12(5-3-11)24-8-7-22/h1-6,9,22H,7-8H2,(H,21,23). The summed E-state index contributed by atoms with van der Waals surface area (Å²) in [5, 5.41) is 10.9. The fraction of sp³-hybridized carbons (Fsp3) is 0.188. The van der Waals surface area contributed by atoms with Crippen molar-refractivity contribution in [1.29, 1.82) is 0 Å². The highest BCUT2D eigenvalue weighted by Crippen LogP contribution is 2.30. The van der Waals surface area contributed by atoms with Crippen LogP contribution in [0.15, 0.2) is 42.5 Å². The number of hydrogen-bond donors (Lipinski definition) is 2. The molecule has 0 saturated heterocycles. The van der Waals surface area contributed by atoms with Crippen LogP contribution in [0.25, 0.3) is 0 Å². The van der Waals surface area contributed by atoms with Gasteiger partial charge in [0.2, 0.25) is 0 Å². The van der Waals surface area contributed by atoms with Crippen LogP contribution in [-0.2, 0) is 6.18 Å². The molecule has 2 aromatic carbocycles. The second-order valence-corrected chi connectivity index (χ2v) is 4.74. The van der Waals surface area contributed by atoms with Crippen molar-refractivity contribution in [2.24, 2.45) is 0 Å². The number of halogens is 4. The lowest BCUT2D eigenvalue weighted by molar-refractivity contribution is -0.137. The lowest BCUT2D eigenvalue weighted by Gasteiger charge is -2.11. The highest BCUT2D eigenvalue weighted by atomic mass is 19.4. The van der Waals surface area contributed by atoms with E-state index in [1.807, 2.05) is 0 Å². The first-order valence-corrected chi connectivity index (χ1v) is 6.83. The number of carbonyl (C=O) groups is 1. The van der Waals surface area contributed by atoms with Gasteiger partial charge in [-0.05, 0) is 42.5 Å². The van der Waals surface area contributed by atoms with Gasteiger partial charge in [-0.1, -0.05) is 0 Å². The zero-order valence-electron chi connectivity index (χ0n) is 12.2. The molecule has 24 heavy (non-hydrogen) atoms. The Hall–Kier alpha value is -2.61. The minimum atomic E-state index is -4.67. The summed E-state index contributed by atoms with van der Waals surface area (Å²) in [5.41, 5.74) is -1.56. The van der Waals surface area contributed by atoms with Gasteiger partial charge in [0.15, 0.2) is 0 Å². The molecule has 0 aliphatic carbocycles. The highest BCUT2D eigenvalue weighted by Gasteiger charge is 2.31. The summed E-state index contributed by atoms with van der Waals surface area (Å²) in [6.07, 6.45) is -4.67. The van der Waals surface area contributed by atoms with E-state index >= 15 is 0 Å². The Kier molecular flexibility index (Phi) is 5.40. The van der Waals surface area contributed by atoms with Crippen molar-refractivity contribution in [3.63, 3.8) is 0 Å². The molecule has 0 saturated carbocycles. The summed E-state index contributed by atoms with van der Waals surface area (Å²) in [6, 6.07) is 7.50. The number of rotatable bonds is 5. The fourth-order valence-corrected chi connectivity index (χ4v) is 1.87. The predicted octanol–water partition coefficient (Wildman–Crippen LogP) is 3.47. The molecule has 1 amide bonds. The van der Waals surface area contributed by atoms with Crippen LogP contribution < -0.4 is 10.1 Å². The Morgan fingerprint density at radius 3 is 2.38 bits per heavy atom. The van der Waals surface area contributed by atoms with Crippen LogP contribution in [0.2, 0.25) is 0 Å². The van der Waals surface area contributed by atoms with Crippen LogP contribution in [0.5, 0.6) is 5.75 Å². The van der Waals surface area contributed by atoms with E-state index in [4.69, 9.17) is 9.84 Å². The lowest BCUT2D eigenvalue weighted by Crippen LogP contribution is -2.16. The van der Waals surface area contributed by atoms with Gasteiger partial charge >= 0.3 is 6.18 Å². The van der Waals surface area contributed by atoms with Gasteiger partial charge in [-0.25, -0.2) is 4.39 Å². The van der Waals surface area contributed by atoms with Crippen molar-refractivity contribution in [2.45, 2.75) is 6.18 Å². The van der Waals surface area contributed by atoms with E-state index in [2.05, 4.69) is 5.32 Å². The number of hydrogen-bond acceptors (Lipinski definition) is 3. The summed E-state index contributed by atoms with van der Waals surface area (Å²) in [7, 11) is 0. The summed E-state index contributed by atoms with van der Waals surface area (Å²) >= 11 is 0. The van der Waals surface area contributed by atoms with E-state index in [1.165, 1.54) is 24.3 Å². The summed E-state index contributed by atoms with van der Waals surface area (Å²) in [4.78, 5) is 12.0. The molecular formula is C16H13F4NO3. The third-order valence-electron chi connectivity index (χ3n) is 3.01. The SMILES string of the molecule is O=C(Nc1ccc(OCCO)cc1)c1cc(C(F)(F)F)ccc1F. The summed E-state index contributed by atoms with van der Waals surface area (Å²) in [6.45, 7) is -0.0610. The zero-order chi connectivity index (χ0) is 17.7. The van der Waals surface area contributed by atoms with E-state index in [9.17, 15) is 22.4 Å². The van der Waals surface area contributed by atoms with Crippen molar-refractivity contribution in [3.05, 3.63) is 59.4 Å². The summed E-state index contributed by atoms with van der Waals surface area (Å²) in [5.74, 6) is -1.61. The van der Waals surface area contributed by atoms with Crippen LogP contribution in [0.4, 0.5) is 23.2 Å². The number of alkyl halides is 3. The Bertz CT molecular complexity index is 714. The molecular weight excluding hydrogens is 330 g/mol. The molecule has 0 aliphatic heterocycles. The number of anilines is 1. The lowest BCUT2D eigenvalue weighted by atomic mass is 10.1. The van der Waals surface area contributed by atoms with E-state index in [0.29, 0.717) is 23.9 Å². The predicted molar refractivity (Wildman–Crippen MR) is 78.4 cm³/mol. The minimum absolute atomic E-state index is 0.0984. The third kappa shape index (κ3) is 4.45. The van der Waals surface area contributed by atoms with E-state index in [0.717, 1.165) is 0 Å². The molecule has 0 radical (unpaired) electrons. The number of ether oxygens (including phenoxy) is 1. The monoisotopic (exact) mass is 343 g/mol. The molecule has 8 heteroatoms. The molecule has 0 atom stereocenters. The molecule has 128 valence electrons. The smallest absolute Gasteiger partial charge is 0.416 e. The number of nitrogens with one attached hydrogen (secondary N) is 1. The van der Waals surface area contributed by atoms with Gasteiger partial charge in [0.25, 0.3) is 5.91 Å². The first kappa shape index (κ1) is 17.7. The van der Waals surface area contributed by atoms with Gasteiger partial charge in [0.05, 0.1) is 17.7 Å². The first-order valence-electron chi connectivity index (χ1n) is 6.83. The van der Waals surface area contributed by atoms with Gasteiger partial charge in [0.1, 0.15) is 18.2 Å². The van der Waals surface area contributed by atoms with Gasteiger partial charge < -0.3 is 15.2 Å². The molecule has 0 bridgehead atoms. The highest BCUT2D eigenvalue weighted by molar-refractivity contribution is 6.04. The van der Waals surface area contributed by atoms with Gasteiger partial charge in [0, 0.05) is 5.69 Å². The Morgan fingerprint density at radius 2 is 1.79 bits per heavy atom. The molecule has 0 aliphatic rings. The van der Waals surface area contributed by atoms with Gasteiger partial charge in [-0.2, -0.15) is 13.2 Å². The first-order chi connectivity index (χ1) is 11.3. The molecule has 2 N–H and O–H groups in total. The van der Waals surface area contributed by atoms with Crippen LogP contribution in [-0.4, -0.2) is 24.2 Å². The van der Waals surface area contributed by atoms with Crippen LogP contribution in [0.3, 0.4) is 0 Å². The Labute approximate surface area is 134 Å². The normalized spacial score (nSPS) is 11.2. The van der Waals surface area contributed by atoms with Crippen molar-refractivity contribution in [2.75, 3.05) is 18.5 Å². The second kappa shape index (κ2) is 7.31. The van der Waals surface area contributed by atoms with Crippen molar-refractivity contribution < 1.29 is 32.2 Å². The number of aliphatic hydroxyl groups excluding tert-OH is 1. The van der Waals surface area contributed by atoms with E-state index in [-0.39, 0.29) is 18.9 Å². The molecule has 0 spiro atoms. The van der Waals surface area contributed by atoms with Gasteiger partial charge in [-0.15, -0.1) is 0 Å². The maximum absolute atomic E-state index is 13.6. The average Bonchev–Trinajstić information content (AvgIpc) is 2.53. The Morgan fingerprint density at radius 1 is 1.12 bits per heavy atom. The van der Waals surface area contributed by atoms with Crippen LogP contribution >= 0.6 is 0 Å². The topological polar surface area (TPSA) is 58.6 Å². The number of benzene rings is 2. The zero-order valence-corrected chi connectivity index (χ0v) is 12.2. The van der Waals surface area contributed by atoms with Crippen molar-refractivity contribution in [1.82, 2.24) is 0 Å². The third-order valence-corrected chi connectivity index (χ3v) is 3.01. The maximum atomic E-state index is 13.6. The van der Waals surface area contributed by atoms with Gasteiger partial charge in [-0.3, -0.25) is 4.79 Å². The van der Waals surface area contributed by atoms with Crippen molar-refractivity contribution >= 4 is 11.6 Å². The molecule has 0 fully saturated rings. The van der Waals surface area contributed by atoms with E-state index in [1.54, 1.807) is 0 Å².